The summed E-state index contributed by atoms with van der Waals surface area (Å²) < 4.78 is 12.9. The highest BCUT2D eigenvalue weighted by Crippen LogP contribution is 2.18. The predicted molar refractivity (Wildman–Crippen MR) is 99.8 cm³/mol. The second kappa shape index (κ2) is 8.47. The maximum absolute atomic E-state index is 12.9. The first kappa shape index (κ1) is 17.9. The van der Waals surface area contributed by atoms with Crippen LogP contribution >= 0.6 is 0 Å². The molecule has 0 unspecified atom stereocenters. The van der Waals surface area contributed by atoms with Gasteiger partial charge in [-0.3, -0.25) is 4.79 Å². The lowest BCUT2D eigenvalue weighted by molar-refractivity contribution is 0.0927. The number of carbonyl (C=O) groups is 2. The molecule has 0 spiro atoms. The zero-order chi connectivity index (χ0) is 18.4. The third kappa shape index (κ3) is 5.05. The first-order valence-corrected chi connectivity index (χ1v) is 8.85. The molecule has 1 fully saturated rings. The number of anilines is 2. The number of rotatable bonds is 4. The first-order valence-electron chi connectivity index (χ1n) is 8.85. The van der Waals surface area contributed by atoms with Gasteiger partial charge in [-0.1, -0.05) is 19.3 Å². The van der Waals surface area contributed by atoms with Crippen LogP contribution in [0.3, 0.4) is 0 Å². The van der Waals surface area contributed by atoms with Gasteiger partial charge in [0.25, 0.3) is 5.91 Å². The fourth-order valence-corrected chi connectivity index (χ4v) is 3.05. The summed E-state index contributed by atoms with van der Waals surface area (Å²) >= 11 is 0. The molecule has 2 aromatic carbocycles. The van der Waals surface area contributed by atoms with E-state index in [4.69, 9.17) is 0 Å². The summed E-state index contributed by atoms with van der Waals surface area (Å²) in [6.07, 6.45) is 5.64. The molecule has 136 valence electrons. The minimum absolute atomic E-state index is 0.0841. The van der Waals surface area contributed by atoms with Gasteiger partial charge in [0.15, 0.2) is 0 Å². The molecule has 0 aromatic heterocycles. The average Bonchev–Trinajstić information content (AvgIpc) is 2.65. The fourth-order valence-electron chi connectivity index (χ4n) is 3.05. The Morgan fingerprint density at radius 2 is 1.35 bits per heavy atom. The van der Waals surface area contributed by atoms with E-state index in [-0.39, 0.29) is 17.8 Å². The summed E-state index contributed by atoms with van der Waals surface area (Å²) in [4.78, 5) is 24.2. The third-order valence-electron chi connectivity index (χ3n) is 4.45. The summed E-state index contributed by atoms with van der Waals surface area (Å²) in [5.74, 6) is -0.447. The van der Waals surface area contributed by atoms with Gasteiger partial charge in [-0.05, 0) is 61.4 Å². The van der Waals surface area contributed by atoms with E-state index in [9.17, 15) is 14.0 Å². The number of amides is 3. The molecule has 1 aliphatic carbocycles. The minimum Gasteiger partial charge on any atom is -0.349 e. The quantitative estimate of drug-likeness (QED) is 0.754. The summed E-state index contributed by atoms with van der Waals surface area (Å²) in [6, 6.07) is 12.1. The highest BCUT2D eigenvalue weighted by atomic mass is 19.1. The van der Waals surface area contributed by atoms with Gasteiger partial charge in [0.1, 0.15) is 5.82 Å². The topological polar surface area (TPSA) is 70.2 Å². The molecule has 0 heterocycles. The molecule has 5 nitrogen and oxygen atoms in total. The Hall–Kier alpha value is -2.89. The molecule has 26 heavy (non-hydrogen) atoms. The van der Waals surface area contributed by atoms with E-state index >= 15 is 0 Å². The first-order chi connectivity index (χ1) is 12.6. The smallest absolute Gasteiger partial charge is 0.323 e. The molecule has 0 aliphatic heterocycles. The fraction of sp³-hybridized carbons (Fsp3) is 0.300. The molecule has 0 saturated heterocycles. The second-order valence-corrected chi connectivity index (χ2v) is 6.47. The van der Waals surface area contributed by atoms with Crippen LogP contribution in [0.2, 0.25) is 0 Å². The molecule has 0 radical (unpaired) electrons. The predicted octanol–water partition coefficient (Wildman–Crippen LogP) is 4.53. The normalized spacial score (nSPS) is 14.5. The number of carbonyl (C=O) groups excluding carboxylic acids is 2. The number of urea groups is 1. The third-order valence-corrected chi connectivity index (χ3v) is 4.45. The van der Waals surface area contributed by atoms with Crippen LogP contribution in [-0.4, -0.2) is 18.0 Å². The van der Waals surface area contributed by atoms with Gasteiger partial charge in [-0.2, -0.15) is 0 Å². The minimum atomic E-state index is -0.434. The molecule has 0 bridgehead atoms. The lowest BCUT2D eigenvalue weighted by Gasteiger charge is -2.22. The molecule has 3 amide bonds. The van der Waals surface area contributed by atoms with Crippen molar-refractivity contribution >= 4 is 23.3 Å². The standard InChI is InChI=1S/C20H22FN3O2/c21-15-8-12-18(13-9-15)24-20(26)23-17-10-6-14(7-11-17)19(25)22-16-4-2-1-3-5-16/h6-13,16H,1-5H2,(H,22,25)(H2,23,24,26). The van der Waals surface area contributed by atoms with Gasteiger partial charge in [0.05, 0.1) is 0 Å². The molecule has 0 atom stereocenters. The van der Waals surface area contributed by atoms with Crippen molar-refractivity contribution in [2.75, 3.05) is 10.6 Å². The Balaban J connectivity index is 1.52. The van der Waals surface area contributed by atoms with Crippen molar-refractivity contribution in [1.82, 2.24) is 5.32 Å². The van der Waals surface area contributed by atoms with E-state index < -0.39 is 6.03 Å². The van der Waals surface area contributed by atoms with Crippen LogP contribution in [0.5, 0.6) is 0 Å². The van der Waals surface area contributed by atoms with Crippen molar-refractivity contribution < 1.29 is 14.0 Å². The Morgan fingerprint density at radius 1 is 0.808 bits per heavy atom. The van der Waals surface area contributed by atoms with Crippen molar-refractivity contribution in [2.24, 2.45) is 0 Å². The molecule has 6 heteroatoms. The molecule has 3 rings (SSSR count). The maximum atomic E-state index is 12.9. The molecular weight excluding hydrogens is 333 g/mol. The van der Waals surface area contributed by atoms with Crippen molar-refractivity contribution in [2.45, 2.75) is 38.1 Å². The lowest BCUT2D eigenvalue weighted by Crippen LogP contribution is -2.36. The highest BCUT2D eigenvalue weighted by molar-refractivity contribution is 6.00. The number of halogens is 1. The number of benzene rings is 2. The summed E-state index contributed by atoms with van der Waals surface area (Å²) in [5, 5.41) is 8.35. The van der Waals surface area contributed by atoms with Crippen LogP contribution in [0, 0.1) is 5.82 Å². The molecule has 1 saturated carbocycles. The van der Waals surface area contributed by atoms with E-state index in [1.54, 1.807) is 24.3 Å². The average molecular weight is 355 g/mol. The van der Waals surface area contributed by atoms with Gasteiger partial charge in [0, 0.05) is 23.0 Å². The zero-order valence-electron chi connectivity index (χ0n) is 14.4. The van der Waals surface area contributed by atoms with Crippen LogP contribution in [-0.2, 0) is 0 Å². The molecular formula is C20H22FN3O2. The Morgan fingerprint density at radius 3 is 1.92 bits per heavy atom. The Bertz CT molecular complexity index is 754. The van der Waals surface area contributed by atoms with Gasteiger partial charge in [0.2, 0.25) is 0 Å². The zero-order valence-corrected chi connectivity index (χ0v) is 14.4. The summed E-state index contributed by atoms with van der Waals surface area (Å²) in [5.41, 5.74) is 1.63. The monoisotopic (exact) mass is 355 g/mol. The van der Waals surface area contributed by atoms with Crippen molar-refractivity contribution in [3.63, 3.8) is 0 Å². The largest absolute Gasteiger partial charge is 0.349 e. The highest BCUT2D eigenvalue weighted by Gasteiger charge is 2.16. The maximum Gasteiger partial charge on any atom is 0.323 e. The summed E-state index contributed by atoms with van der Waals surface area (Å²) in [6.45, 7) is 0. The van der Waals surface area contributed by atoms with Crippen LogP contribution in [0.25, 0.3) is 0 Å². The van der Waals surface area contributed by atoms with Gasteiger partial charge >= 0.3 is 6.03 Å². The molecule has 3 N–H and O–H groups in total. The van der Waals surface area contributed by atoms with E-state index in [1.165, 1.54) is 30.7 Å². The Labute approximate surface area is 152 Å². The molecule has 1 aliphatic rings. The van der Waals surface area contributed by atoms with E-state index in [0.29, 0.717) is 16.9 Å². The van der Waals surface area contributed by atoms with Crippen LogP contribution in [0.1, 0.15) is 42.5 Å². The Kier molecular flexibility index (Phi) is 5.84. The SMILES string of the molecule is O=C(Nc1ccc(F)cc1)Nc1ccc(C(=O)NC2CCCCC2)cc1. The van der Waals surface area contributed by atoms with Gasteiger partial charge < -0.3 is 16.0 Å². The van der Waals surface area contributed by atoms with Crippen molar-refractivity contribution in [1.29, 1.82) is 0 Å². The van der Waals surface area contributed by atoms with Gasteiger partial charge in [-0.15, -0.1) is 0 Å². The van der Waals surface area contributed by atoms with Crippen molar-refractivity contribution in [3.8, 4) is 0 Å². The van der Waals surface area contributed by atoms with Crippen LogP contribution in [0.15, 0.2) is 48.5 Å². The van der Waals surface area contributed by atoms with Crippen LogP contribution in [0.4, 0.5) is 20.6 Å². The van der Waals surface area contributed by atoms with E-state index in [2.05, 4.69) is 16.0 Å². The lowest BCUT2D eigenvalue weighted by atomic mass is 9.95. The van der Waals surface area contributed by atoms with E-state index in [1.807, 2.05) is 0 Å². The van der Waals surface area contributed by atoms with Gasteiger partial charge in [-0.25, -0.2) is 9.18 Å². The number of hydrogen-bond donors (Lipinski definition) is 3. The summed E-state index contributed by atoms with van der Waals surface area (Å²) in [7, 11) is 0. The van der Waals surface area contributed by atoms with Crippen molar-refractivity contribution in [3.05, 3.63) is 59.9 Å². The van der Waals surface area contributed by atoms with Crippen LogP contribution < -0.4 is 16.0 Å². The number of hydrogen-bond acceptors (Lipinski definition) is 2. The molecule has 2 aromatic rings. The van der Waals surface area contributed by atoms with E-state index in [0.717, 1.165) is 25.7 Å². The number of nitrogens with one attached hydrogen (secondary N) is 3. The second-order valence-electron chi connectivity index (χ2n) is 6.47.